The summed E-state index contributed by atoms with van der Waals surface area (Å²) in [6, 6.07) is 35.8. The molecule has 20 heteroatoms. The number of carbonyl (C=O) groups excluding carboxylic acids is 4. The maximum absolute atomic E-state index is 14.8. The van der Waals surface area contributed by atoms with Gasteiger partial charge >= 0.3 is 17.1 Å². The normalized spacial score (nSPS) is 15.9. The molecule has 2 aliphatic rings. The Bertz CT molecular complexity index is 3010. The number of aromatic nitrogens is 3. The van der Waals surface area contributed by atoms with Crippen molar-refractivity contribution in [2.75, 3.05) is 35.4 Å². The summed E-state index contributed by atoms with van der Waals surface area (Å²) in [5, 5.41) is 12.7. The number of esters is 2. The number of carbonyl (C=O) groups is 4. The zero-order valence-electron chi connectivity index (χ0n) is 42.2. The number of nitrogens with zero attached hydrogens (tertiary/aromatic N) is 5. The van der Waals surface area contributed by atoms with Gasteiger partial charge in [-0.05, 0) is 93.3 Å². The number of amides is 2. The van der Waals surface area contributed by atoms with Gasteiger partial charge in [0.2, 0.25) is 17.2 Å². The van der Waals surface area contributed by atoms with Crippen LogP contribution in [0.1, 0.15) is 68.1 Å². The highest BCUT2D eigenvalue weighted by Crippen LogP contribution is 2.43. The summed E-state index contributed by atoms with van der Waals surface area (Å²) in [5.74, 6) is -0.935. The molecular formula is C54H58N9O8S3+. The van der Waals surface area contributed by atoms with Gasteiger partial charge in [-0.2, -0.15) is 0 Å². The van der Waals surface area contributed by atoms with Gasteiger partial charge < -0.3 is 41.1 Å². The molecule has 6 N–H and O–H groups in total. The Balaban J connectivity index is 1.11. The second-order valence-corrected chi connectivity index (χ2v) is 21.8. The number of thioether (sulfide) groups is 2. The fourth-order valence-electron chi connectivity index (χ4n) is 8.14. The third-order valence-corrected chi connectivity index (χ3v) is 15.4. The molecule has 2 aromatic heterocycles. The van der Waals surface area contributed by atoms with Crippen LogP contribution >= 0.6 is 34.9 Å². The van der Waals surface area contributed by atoms with Gasteiger partial charge in [0.1, 0.15) is 46.3 Å². The SMILES string of the molecule is COc1ccc(COC(=O)C2=C(CSc3nc(N)c(C)c(N)[n+]3C)CSC3C(NC(=O)/C(=N\OC(C)(C)C(=O)OC(C)(C)C)c4csc(NC(c5ccccc5)(c5ccccc5)c5ccccc5)n4)C(=O)N23)cc1. The maximum Gasteiger partial charge on any atom is 0.355 e. The molecule has 0 bridgehead atoms. The van der Waals surface area contributed by atoms with Crippen LogP contribution in [0.15, 0.2) is 142 Å². The van der Waals surface area contributed by atoms with Crippen LogP contribution in [-0.2, 0) is 52.7 Å². The second-order valence-electron chi connectivity index (χ2n) is 18.9. The lowest BCUT2D eigenvalue weighted by Gasteiger charge is -2.49. The van der Waals surface area contributed by atoms with Crippen LogP contribution in [0.2, 0.25) is 0 Å². The number of oxime groups is 1. The molecule has 384 valence electrons. The Kier molecular flexibility index (Phi) is 15.7. The minimum atomic E-state index is -1.66. The van der Waals surface area contributed by atoms with E-state index in [1.807, 2.05) is 91.0 Å². The Morgan fingerprint density at radius 3 is 2.04 bits per heavy atom. The summed E-state index contributed by atoms with van der Waals surface area (Å²) in [6.07, 6.45) is 0. The van der Waals surface area contributed by atoms with Crippen LogP contribution in [0, 0.1) is 6.92 Å². The van der Waals surface area contributed by atoms with E-state index in [0.29, 0.717) is 44.3 Å². The Labute approximate surface area is 442 Å². The van der Waals surface area contributed by atoms with E-state index < -0.39 is 51.9 Å². The number of hydrogen-bond acceptors (Lipinski definition) is 17. The second kappa shape index (κ2) is 22.0. The van der Waals surface area contributed by atoms with Crippen molar-refractivity contribution >= 4 is 81.1 Å². The van der Waals surface area contributed by atoms with Crippen LogP contribution in [0.25, 0.3) is 0 Å². The summed E-state index contributed by atoms with van der Waals surface area (Å²) in [7, 11) is 3.33. The minimum absolute atomic E-state index is 0.0613. The lowest BCUT2D eigenvalue weighted by Crippen LogP contribution is -2.71. The third kappa shape index (κ3) is 11.2. The van der Waals surface area contributed by atoms with Crippen LogP contribution in [0.3, 0.4) is 0 Å². The number of nitrogens with one attached hydrogen (secondary N) is 2. The fourth-order valence-corrected chi connectivity index (χ4v) is 11.4. The van der Waals surface area contributed by atoms with E-state index in [4.69, 9.17) is 35.5 Å². The first kappa shape index (κ1) is 52.9. The fraction of sp³-hybridized carbons (Fsp3) is 0.296. The van der Waals surface area contributed by atoms with E-state index in [0.717, 1.165) is 16.7 Å². The average molecular weight is 1060 g/mol. The number of β-lactam (4-membered cyclic amide) rings is 1. The van der Waals surface area contributed by atoms with Gasteiger partial charge in [0, 0.05) is 16.9 Å². The van der Waals surface area contributed by atoms with Crippen molar-refractivity contribution in [3.05, 3.63) is 165 Å². The third-order valence-electron chi connectivity index (χ3n) is 12.2. The molecule has 0 saturated carbocycles. The van der Waals surface area contributed by atoms with Crippen LogP contribution < -0.4 is 31.4 Å². The van der Waals surface area contributed by atoms with E-state index in [9.17, 15) is 19.2 Å². The van der Waals surface area contributed by atoms with E-state index in [2.05, 4.69) is 20.8 Å². The first-order chi connectivity index (χ1) is 35.3. The first-order valence-corrected chi connectivity index (χ1v) is 26.4. The largest absolute Gasteiger partial charge is 0.497 e. The molecule has 0 radical (unpaired) electrons. The highest BCUT2D eigenvalue weighted by Gasteiger charge is 2.55. The van der Waals surface area contributed by atoms with Crippen LogP contribution in [0.5, 0.6) is 5.75 Å². The number of benzene rings is 4. The number of ether oxygens (including phenoxy) is 3. The summed E-state index contributed by atoms with van der Waals surface area (Å²) < 4.78 is 18.5. The molecule has 4 heterocycles. The molecule has 2 atom stereocenters. The summed E-state index contributed by atoms with van der Waals surface area (Å²) >= 11 is 3.90. The standard InChI is InChI=1S/C54H57N9O8S3/c1-32-43(55)59-51(62(7)44(32)56)74-30-34-29-72-47-41(46(65)63(47)42(34)48(66)69-28-33-24-26-38(68-8)27-25-33)58-45(64)40(61-71-53(5,6)49(67)70-52(2,3)4)39-31-73-50(57-39)60-54(35-18-12-9-13-19-35,36-20-14-10-15-21-36)37-22-16-11-17-23-37/h9-27,31,41,47H,28-30H2,1-8H3,(H5,55,56,57,58,60,64)/p+1/b61-40-. The molecule has 4 aromatic carbocycles. The first-order valence-electron chi connectivity index (χ1n) is 23.5. The molecule has 6 aromatic rings. The number of anilines is 3. The molecule has 17 nitrogen and oxygen atoms in total. The quantitative estimate of drug-likeness (QED) is 0.00970. The van der Waals surface area contributed by atoms with Crippen molar-refractivity contribution < 1.29 is 42.8 Å². The van der Waals surface area contributed by atoms with E-state index in [1.54, 1.807) is 76.1 Å². The van der Waals surface area contributed by atoms with Crippen molar-refractivity contribution in [3.8, 4) is 5.75 Å². The van der Waals surface area contributed by atoms with Gasteiger partial charge in [-0.3, -0.25) is 14.5 Å². The van der Waals surface area contributed by atoms with Gasteiger partial charge in [-0.1, -0.05) is 113 Å². The molecular weight excluding hydrogens is 999 g/mol. The number of methoxy groups -OCH3 is 1. The molecule has 8 rings (SSSR count). The topological polar surface area (TPSA) is 227 Å². The highest BCUT2D eigenvalue weighted by atomic mass is 32.2. The summed E-state index contributed by atoms with van der Waals surface area (Å²) in [4.78, 5) is 73.6. The van der Waals surface area contributed by atoms with Gasteiger partial charge in [-0.25, -0.2) is 19.1 Å². The smallest absolute Gasteiger partial charge is 0.355 e. The molecule has 2 aliphatic heterocycles. The number of hydrogen-bond donors (Lipinski definition) is 4. The number of nitrogen functional groups attached to an aromatic ring is 2. The molecule has 1 saturated heterocycles. The summed E-state index contributed by atoms with van der Waals surface area (Å²) in [5.41, 5.74) is 13.6. The van der Waals surface area contributed by atoms with Crippen molar-refractivity contribution in [2.24, 2.45) is 12.2 Å². The number of nitrogens with two attached hydrogens (primary N) is 2. The van der Waals surface area contributed by atoms with Crippen molar-refractivity contribution in [3.63, 3.8) is 0 Å². The van der Waals surface area contributed by atoms with Crippen molar-refractivity contribution in [1.29, 1.82) is 0 Å². The van der Waals surface area contributed by atoms with Gasteiger partial charge in [-0.15, -0.1) is 23.1 Å². The monoisotopic (exact) mass is 1060 g/mol. The zero-order chi connectivity index (χ0) is 53.0. The van der Waals surface area contributed by atoms with Crippen molar-refractivity contribution in [2.45, 2.75) is 81.5 Å². The minimum Gasteiger partial charge on any atom is -0.497 e. The Morgan fingerprint density at radius 1 is 0.878 bits per heavy atom. The summed E-state index contributed by atoms with van der Waals surface area (Å²) in [6.45, 7) is 9.84. The Hall–Kier alpha value is -7.42. The van der Waals surface area contributed by atoms with E-state index >= 15 is 0 Å². The number of rotatable bonds is 18. The van der Waals surface area contributed by atoms with Gasteiger partial charge in [0.25, 0.3) is 11.8 Å². The number of fused-ring (bicyclic) bond motifs is 1. The Morgan fingerprint density at radius 2 is 1.47 bits per heavy atom. The van der Waals surface area contributed by atoms with Gasteiger partial charge in [0.15, 0.2) is 10.8 Å². The molecule has 0 aliphatic carbocycles. The zero-order valence-corrected chi connectivity index (χ0v) is 44.7. The van der Waals surface area contributed by atoms with Gasteiger partial charge in [0.05, 0.1) is 19.7 Å². The molecule has 74 heavy (non-hydrogen) atoms. The van der Waals surface area contributed by atoms with E-state index in [-0.39, 0.29) is 35.3 Å². The van der Waals surface area contributed by atoms with Crippen molar-refractivity contribution in [1.82, 2.24) is 20.2 Å². The van der Waals surface area contributed by atoms with Crippen LogP contribution in [-0.4, -0.2) is 85.6 Å². The van der Waals surface area contributed by atoms with Crippen LogP contribution in [0.4, 0.5) is 16.8 Å². The molecule has 1 fully saturated rings. The predicted octanol–water partition coefficient (Wildman–Crippen LogP) is 7.28. The molecule has 2 unspecified atom stereocenters. The molecule has 2 amide bonds. The lowest BCUT2D eigenvalue weighted by atomic mass is 9.77. The van der Waals surface area contributed by atoms with E-state index in [1.165, 1.54) is 53.6 Å². The lowest BCUT2D eigenvalue weighted by molar-refractivity contribution is -0.699. The number of thiazole rings is 1. The maximum atomic E-state index is 14.8. The average Bonchev–Trinajstić information content (AvgIpc) is 3.86. The predicted molar refractivity (Wildman–Crippen MR) is 287 cm³/mol. The highest BCUT2D eigenvalue weighted by molar-refractivity contribution is 8.01. The molecule has 0 spiro atoms.